The fraction of sp³-hybridized carbons (Fsp3) is 0.538. The third-order valence-corrected chi connectivity index (χ3v) is 3.81. The summed E-state index contributed by atoms with van der Waals surface area (Å²) in [5.41, 5.74) is 0.513. The van der Waals surface area contributed by atoms with Gasteiger partial charge in [-0.1, -0.05) is 17.7 Å². The van der Waals surface area contributed by atoms with Crippen molar-refractivity contribution in [3.63, 3.8) is 0 Å². The predicted molar refractivity (Wildman–Crippen MR) is 70.1 cm³/mol. The summed E-state index contributed by atoms with van der Waals surface area (Å²) in [6, 6.07) is 5.94. The second-order valence-corrected chi connectivity index (χ2v) is 5.20. The van der Waals surface area contributed by atoms with Crippen molar-refractivity contribution < 1.29 is 4.39 Å². The van der Waals surface area contributed by atoms with Gasteiger partial charge in [0.25, 0.3) is 0 Å². The molecule has 0 aromatic heterocycles. The molecule has 1 N–H and O–H groups in total. The minimum absolute atomic E-state index is 0.177. The Kier molecular flexibility index (Phi) is 3.89. The molecule has 0 bridgehead atoms. The average Bonchev–Trinajstić information content (AvgIpc) is 2.30. The molecular formula is C13H18ClFN2. The van der Waals surface area contributed by atoms with Crippen LogP contribution in [0.3, 0.4) is 0 Å². The van der Waals surface area contributed by atoms with Gasteiger partial charge in [-0.2, -0.15) is 0 Å². The van der Waals surface area contributed by atoms with Gasteiger partial charge in [-0.15, -0.1) is 0 Å². The van der Waals surface area contributed by atoms with E-state index in [9.17, 15) is 4.39 Å². The lowest BCUT2D eigenvalue weighted by Crippen LogP contribution is -2.42. The highest BCUT2D eigenvalue weighted by Crippen LogP contribution is 2.25. The summed E-state index contributed by atoms with van der Waals surface area (Å²) < 4.78 is 13.7. The van der Waals surface area contributed by atoms with Crippen molar-refractivity contribution in [1.82, 2.24) is 4.90 Å². The predicted octanol–water partition coefficient (Wildman–Crippen LogP) is 3.37. The van der Waals surface area contributed by atoms with E-state index in [-0.39, 0.29) is 10.8 Å². The first-order valence-corrected chi connectivity index (χ1v) is 6.36. The summed E-state index contributed by atoms with van der Waals surface area (Å²) in [7, 11) is 2.13. The molecule has 94 valence electrons. The Bertz CT molecular complexity index is 397. The molecule has 2 unspecified atom stereocenters. The smallest absolute Gasteiger partial charge is 0.164 e. The van der Waals surface area contributed by atoms with Crippen molar-refractivity contribution in [2.24, 2.45) is 0 Å². The van der Waals surface area contributed by atoms with Crippen LogP contribution in [0.4, 0.5) is 10.1 Å². The Morgan fingerprint density at radius 3 is 2.94 bits per heavy atom. The van der Waals surface area contributed by atoms with Gasteiger partial charge in [-0.3, -0.25) is 0 Å². The van der Waals surface area contributed by atoms with E-state index in [4.69, 9.17) is 11.6 Å². The lowest BCUT2D eigenvalue weighted by Gasteiger charge is -2.35. The van der Waals surface area contributed by atoms with E-state index in [1.807, 2.05) is 0 Å². The fourth-order valence-electron chi connectivity index (χ4n) is 2.26. The van der Waals surface area contributed by atoms with Crippen molar-refractivity contribution in [3.05, 3.63) is 29.0 Å². The molecule has 1 saturated heterocycles. The highest BCUT2D eigenvalue weighted by molar-refractivity contribution is 6.31. The van der Waals surface area contributed by atoms with Crippen LogP contribution < -0.4 is 5.32 Å². The maximum Gasteiger partial charge on any atom is 0.164 e. The summed E-state index contributed by atoms with van der Waals surface area (Å²) in [5.74, 6) is -0.347. The second kappa shape index (κ2) is 5.23. The molecule has 2 nitrogen and oxygen atoms in total. The number of halogens is 2. The van der Waals surface area contributed by atoms with Gasteiger partial charge in [0.15, 0.2) is 5.82 Å². The van der Waals surface area contributed by atoms with Crippen molar-refractivity contribution in [2.75, 3.05) is 18.9 Å². The van der Waals surface area contributed by atoms with Crippen LogP contribution in [-0.2, 0) is 0 Å². The van der Waals surface area contributed by atoms with Crippen LogP contribution in [0, 0.1) is 5.82 Å². The van der Waals surface area contributed by atoms with Crippen LogP contribution in [0.15, 0.2) is 18.2 Å². The van der Waals surface area contributed by atoms with E-state index in [0.29, 0.717) is 17.8 Å². The van der Waals surface area contributed by atoms with E-state index in [1.165, 1.54) is 0 Å². The second-order valence-electron chi connectivity index (χ2n) is 4.80. The number of piperidine rings is 1. The average molecular weight is 257 g/mol. The van der Waals surface area contributed by atoms with Gasteiger partial charge in [-0.25, -0.2) is 4.39 Å². The van der Waals surface area contributed by atoms with Gasteiger partial charge in [-0.05, 0) is 38.9 Å². The van der Waals surface area contributed by atoms with Crippen LogP contribution in [-0.4, -0.2) is 30.6 Å². The summed E-state index contributed by atoms with van der Waals surface area (Å²) in [6.45, 7) is 3.24. The number of nitrogens with one attached hydrogen (secondary N) is 1. The van der Waals surface area contributed by atoms with Crippen molar-refractivity contribution in [3.8, 4) is 0 Å². The number of nitrogens with zero attached hydrogens (tertiary/aromatic N) is 1. The monoisotopic (exact) mass is 256 g/mol. The summed E-state index contributed by atoms with van der Waals surface area (Å²) in [4.78, 5) is 2.33. The topological polar surface area (TPSA) is 15.3 Å². The third-order valence-electron chi connectivity index (χ3n) is 3.52. The van der Waals surface area contributed by atoms with E-state index < -0.39 is 0 Å². The van der Waals surface area contributed by atoms with Crippen LogP contribution in [0.5, 0.6) is 0 Å². The Hall–Kier alpha value is -0.800. The Labute approximate surface area is 107 Å². The standard InChI is InChI=1S/C13H18ClFN2/c1-9-8-10(6-7-17(9)2)16-12-5-3-4-11(14)13(12)15/h3-5,9-10,16H,6-8H2,1-2H3. The third kappa shape index (κ3) is 2.90. The van der Waals surface area contributed by atoms with Gasteiger partial charge in [0, 0.05) is 18.6 Å². The molecule has 1 aromatic rings. The molecule has 0 radical (unpaired) electrons. The quantitative estimate of drug-likeness (QED) is 0.873. The first-order chi connectivity index (χ1) is 8.08. The zero-order chi connectivity index (χ0) is 12.4. The number of hydrogen-bond donors (Lipinski definition) is 1. The molecule has 1 heterocycles. The highest BCUT2D eigenvalue weighted by Gasteiger charge is 2.23. The summed E-state index contributed by atoms with van der Waals surface area (Å²) >= 11 is 5.76. The van der Waals surface area contributed by atoms with Crippen LogP contribution in [0.1, 0.15) is 19.8 Å². The first-order valence-electron chi connectivity index (χ1n) is 5.98. The highest BCUT2D eigenvalue weighted by atomic mass is 35.5. The maximum atomic E-state index is 13.7. The number of rotatable bonds is 2. The van der Waals surface area contributed by atoms with Crippen LogP contribution in [0.2, 0.25) is 5.02 Å². The largest absolute Gasteiger partial charge is 0.380 e. The van der Waals surface area contributed by atoms with Crippen LogP contribution >= 0.6 is 11.6 Å². The molecule has 1 aromatic carbocycles. The van der Waals surface area contributed by atoms with Crippen LogP contribution in [0.25, 0.3) is 0 Å². The molecule has 4 heteroatoms. The van der Waals surface area contributed by atoms with Gasteiger partial charge in [0.2, 0.25) is 0 Å². The Balaban J connectivity index is 2.04. The minimum atomic E-state index is -0.347. The molecule has 2 rings (SSSR count). The molecule has 1 aliphatic heterocycles. The normalized spacial score (nSPS) is 25.9. The lowest BCUT2D eigenvalue weighted by atomic mass is 9.98. The maximum absolute atomic E-state index is 13.7. The van der Waals surface area contributed by atoms with Gasteiger partial charge in [0.1, 0.15) is 0 Å². The van der Waals surface area contributed by atoms with Crippen molar-refractivity contribution >= 4 is 17.3 Å². The van der Waals surface area contributed by atoms with Gasteiger partial charge >= 0.3 is 0 Å². The molecule has 1 fully saturated rings. The molecule has 17 heavy (non-hydrogen) atoms. The minimum Gasteiger partial charge on any atom is -0.380 e. The molecule has 2 atom stereocenters. The number of benzene rings is 1. The van der Waals surface area contributed by atoms with Gasteiger partial charge in [0.05, 0.1) is 10.7 Å². The zero-order valence-electron chi connectivity index (χ0n) is 10.2. The summed E-state index contributed by atoms with van der Waals surface area (Å²) in [6.07, 6.45) is 2.06. The molecule has 0 aliphatic carbocycles. The number of likely N-dealkylation sites (tertiary alicyclic amines) is 1. The van der Waals surface area contributed by atoms with Gasteiger partial charge < -0.3 is 10.2 Å². The first kappa shape index (κ1) is 12.7. The SMILES string of the molecule is CC1CC(Nc2cccc(Cl)c2F)CCN1C. The van der Waals surface area contributed by atoms with E-state index in [2.05, 4.69) is 24.2 Å². The van der Waals surface area contributed by atoms with Crippen molar-refractivity contribution in [1.29, 1.82) is 0 Å². The number of anilines is 1. The molecule has 1 aliphatic rings. The Morgan fingerprint density at radius 2 is 2.24 bits per heavy atom. The lowest BCUT2D eigenvalue weighted by molar-refractivity contribution is 0.190. The van der Waals surface area contributed by atoms with E-state index in [0.717, 1.165) is 19.4 Å². The fourth-order valence-corrected chi connectivity index (χ4v) is 2.43. The molecular weight excluding hydrogens is 239 g/mol. The summed E-state index contributed by atoms with van der Waals surface area (Å²) in [5, 5.41) is 3.43. The molecule has 0 amide bonds. The molecule has 0 spiro atoms. The Morgan fingerprint density at radius 1 is 1.47 bits per heavy atom. The number of hydrogen-bond acceptors (Lipinski definition) is 2. The molecule has 0 saturated carbocycles. The van der Waals surface area contributed by atoms with E-state index >= 15 is 0 Å². The van der Waals surface area contributed by atoms with E-state index in [1.54, 1.807) is 18.2 Å². The van der Waals surface area contributed by atoms with Crippen molar-refractivity contribution in [2.45, 2.75) is 31.8 Å². The zero-order valence-corrected chi connectivity index (χ0v) is 11.0.